The first-order chi connectivity index (χ1) is 7.03. The zero-order valence-electron chi connectivity index (χ0n) is 9.84. The lowest BCUT2D eigenvalue weighted by Crippen LogP contribution is -2.45. The van der Waals surface area contributed by atoms with E-state index in [-0.39, 0.29) is 17.4 Å². The highest BCUT2D eigenvalue weighted by Gasteiger charge is 2.45. The van der Waals surface area contributed by atoms with Crippen molar-refractivity contribution in [3.05, 3.63) is 0 Å². The van der Waals surface area contributed by atoms with Crippen LogP contribution in [0.25, 0.3) is 0 Å². The van der Waals surface area contributed by atoms with E-state index in [2.05, 4.69) is 31.3 Å². The molecule has 3 nitrogen and oxygen atoms in total. The maximum Gasteiger partial charge on any atom is 0.144 e. The molecule has 0 aromatic rings. The summed E-state index contributed by atoms with van der Waals surface area (Å²) in [6.07, 6.45) is 3.79. The van der Waals surface area contributed by atoms with Crippen LogP contribution >= 0.6 is 0 Å². The minimum atomic E-state index is 0.0815. The molecule has 2 rings (SSSR count). The van der Waals surface area contributed by atoms with E-state index in [1.54, 1.807) is 0 Å². The highest BCUT2D eigenvalue weighted by molar-refractivity contribution is 6.07. The Hall–Kier alpha value is -0.860. The third kappa shape index (κ3) is 1.92. The Kier molecular flexibility index (Phi) is 2.57. The maximum absolute atomic E-state index is 12.1. The van der Waals surface area contributed by atoms with Gasteiger partial charge in [0.1, 0.15) is 5.78 Å². The van der Waals surface area contributed by atoms with Crippen molar-refractivity contribution in [2.24, 2.45) is 16.4 Å². The Labute approximate surface area is 91.3 Å². The quantitative estimate of drug-likeness (QED) is 0.755. The van der Waals surface area contributed by atoms with E-state index in [1.165, 1.54) is 0 Å². The van der Waals surface area contributed by atoms with Crippen LogP contribution in [0.4, 0.5) is 0 Å². The second kappa shape index (κ2) is 3.62. The van der Waals surface area contributed by atoms with Gasteiger partial charge in [-0.1, -0.05) is 27.2 Å². The van der Waals surface area contributed by atoms with Gasteiger partial charge in [0.25, 0.3) is 0 Å². The number of fused-ring (bicyclic) bond motifs is 1. The van der Waals surface area contributed by atoms with Gasteiger partial charge in [0.05, 0.1) is 17.7 Å². The zero-order chi connectivity index (χ0) is 11.1. The molecule has 15 heavy (non-hydrogen) atoms. The largest absolute Gasteiger partial charge is 0.306 e. The summed E-state index contributed by atoms with van der Waals surface area (Å²) in [7, 11) is 0. The smallest absolute Gasteiger partial charge is 0.144 e. The molecule has 0 unspecified atom stereocenters. The summed E-state index contributed by atoms with van der Waals surface area (Å²) in [5, 5.41) is 4.33. The van der Waals surface area contributed by atoms with Gasteiger partial charge >= 0.3 is 0 Å². The maximum atomic E-state index is 12.1. The molecule has 0 radical (unpaired) electrons. The topological polar surface area (TPSA) is 41.5 Å². The van der Waals surface area contributed by atoms with E-state index in [1.807, 2.05) is 0 Å². The van der Waals surface area contributed by atoms with Gasteiger partial charge in [-0.25, -0.2) is 0 Å². The Morgan fingerprint density at radius 3 is 2.93 bits per heavy atom. The fraction of sp³-hybridized carbons (Fsp3) is 0.833. The van der Waals surface area contributed by atoms with Crippen molar-refractivity contribution >= 4 is 11.5 Å². The van der Waals surface area contributed by atoms with E-state index in [0.29, 0.717) is 12.2 Å². The van der Waals surface area contributed by atoms with Crippen molar-refractivity contribution in [2.45, 2.75) is 52.5 Å². The third-order valence-corrected chi connectivity index (χ3v) is 3.41. The minimum absolute atomic E-state index is 0.0815. The molecule has 1 N–H and O–H groups in total. The molecule has 1 fully saturated rings. The average Bonchev–Trinajstić information content (AvgIpc) is 2.46. The number of nitrogens with zero attached hydrogens (tertiary/aromatic N) is 1. The molecule has 0 spiro atoms. The molecule has 0 saturated heterocycles. The molecule has 0 bridgehead atoms. The van der Waals surface area contributed by atoms with Crippen molar-refractivity contribution in [3.8, 4) is 0 Å². The molecule has 3 heteroatoms. The molecular formula is C12H20N2O. The van der Waals surface area contributed by atoms with Gasteiger partial charge in [0.2, 0.25) is 0 Å². The molecule has 0 amide bonds. The monoisotopic (exact) mass is 208 g/mol. The molecule has 0 aromatic carbocycles. The number of carbonyl (C=O) groups is 1. The van der Waals surface area contributed by atoms with Gasteiger partial charge in [-0.05, 0) is 18.3 Å². The molecule has 84 valence electrons. The van der Waals surface area contributed by atoms with Gasteiger partial charge in [-0.2, -0.15) is 5.10 Å². The highest BCUT2D eigenvalue weighted by atomic mass is 16.1. The van der Waals surface area contributed by atoms with Crippen LogP contribution in [-0.2, 0) is 4.79 Å². The van der Waals surface area contributed by atoms with E-state index in [9.17, 15) is 4.79 Å². The first-order valence-corrected chi connectivity index (χ1v) is 5.88. The lowest BCUT2D eigenvalue weighted by Gasteiger charge is -2.36. The number of hydrazone groups is 1. The van der Waals surface area contributed by atoms with Gasteiger partial charge in [0.15, 0.2) is 0 Å². The lowest BCUT2D eigenvalue weighted by atomic mass is 9.68. The second-order valence-corrected chi connectivity index (χ2v) is 5.58. The van der Waals surface area contributed by atoms with Gasteiger partial charge < -0.3 is 5.43 Å². The van der Waals surface area contributed by atoms with E-state index >= 15 is 0 Å². The molecule has 1 aliphatic carbocycles. The number of hydrogen-bond donors (Lipinski definition) is 1. The summed E-state index contributed by atoms with van der Waals surface area (Å²) in [6, 6.07) is 0.266. The van der Waals surface area contributed by atoms with Crippen LogP contribution in [0.15, 0.2) is 5.10 Å². The first kappa shape index (κ1) is 10.7. The molecule has 2 atom stereocenters. The van der Waals surface area contributed by atoms with Crippen molar-refractivity contribution in [3.63, 3.8) is 0 Å². The average molecular weight is 208 g/mol. The van der Waals surface area contributed by atoms with Crippen LogP contribution in [0.5, 0.6) is 0 Å². The summed E-state index contributed by atoms with van der Waals surface area (Å²) in [5.41, 5.74) is 4.37. The highest BCUT2D eigenvalue weighted by Crippen LogP contribution is 2.39. The fourth-order valence-corrected chi connectivity index (χ4v) is 2.83. The van der Waals surface area contributed by atoms with Crippen molar-refractivity contribution in [2.75, 3.05) is 0 Å². The Bertz CT molecular complexity index is 307. The number of nitrogens with one attached hydrogen (secondary N) is 1. The molecule has 1 heterocycles. The van der Waals surface area contributed by atoms with Crippen LogP contribution in [0.1, 0.15) is 46.5 Å². The number of Topliss-reactive ketones (excluding diaryl/α,β-unsaturated/α-hetero) is 1. The summed E-state index contributed by atoms with van der Waals surface area (Å²) < 4.78 is 0. The Balaban J connectivity index is 2.14. The number of carbonyl (C=O) groups excluding carboxylic acids is 1. The Morgan fingerprint density at radius 2 is 2.27 bits per heavy atom. The van der Waals surface area contributed by atoms with Crippen LogP contribution < -0.4 is 5.43 Å². The van der Waals surface area contributed by atoms with Crippen LogP contribution in [0.3, 0.4) is 0 Å². The van der Waals surface area contributed by atoms with Crippen LogP contribution in [0.2, 0.25) is 0 Å². The standard InChI is InChI=1S/C12H20N2O/c1-4-5-8-11-9(14-13-8)6-12(2,3)7-10(11)15/h9,11,14H,4-7H2,1-3H3/t9-,11-/m0/s1. The molecular weight excluding hydrogens is 188 g/mol. The van der Waals surface area contributed by atoms with E-state index < -0.39 is 0 Å². The summed E-state index contributed by atoms with van der Waals surface area (Å²) in [5.74, 6) is 0.464. The SMILES string of the molecule is CCCC1=NN[C@H]2CC(C)(C)CC(=O)[C@@H]12. The zero-order valence-corrected chi connectivity index (χ0v) is 9.84. The molecule has 1 aliphatic heterocycles. The summed E-state index contributed by atoms with van der Waals surface area (Å²) >= 11 is 0. The van der Waals surface area contributed by atoms with Gasteiger partial charge in [0, 0.05) is 6.42 Å². The number of rotatable bonds is 2. The Morgan fingerprint density at radius 1 is 1.53 bits per heavy atom. The lowest BCUT2D eigenvalue weighted by molar-refractivity contribution is -0.126. The molecule has 1 saturated carbocycles. The van der Waals surface area contributed by atoms with Crippen LogP contribution in [0, 0.1) is 11.3 Å². The predicted octanol–water partition coefficient (Wildman–Crippen LogP) is 2.12. The normalized spacial score (nSPS) is 33.3. The van der Waals surface area contributed by atoms with Crippen molar-refractivity contribution < 1.29 is 4.79 Å². The molecule has 0 aromatic heterocycles. The summed E-state index contributed by atoms with van der Waals surface area (Å²) in [4.78, 5) is 12.1. The second-order valence-electron chi connectivity index (χ2n) is 5.58. The minimum Gasteiger partial charge on any atom is -0.306 e. The summed E-state index contributed by atoms with van der Waals surface area (Å²) in [6.45, 7) is 6.47. The first-order valence-electron chi connectivity index (χ1n) is 5.88. The number of ketones is 1. The fourth-order valence-electron chi connectivity index (χ4n) is 2.83. The van der Waals surface area contributed by atoms with Crippen LogP contribution in [-0.4, -0.2) is 17.5 Å². The van der Waals surface area contributed by atoms with E-state index in [0.717, 1.165) is 25.0 Å². The van der Waals surface area contributed by atoms with Gasteiger partial charge in [-0.3, -0.25) is 4.79 Å². The third-order valence-electron chi connectivity index (χ3n) is 3.41. The van der Waals surface area contributed by atoms with Crippen molar-refractivity contribution in [1.82, 2.24) is 5.43 Å². The van der Waals surface area contributed by atoms with E-state index in [4.69, 9.17) is 0 Å². The van der Waals surface area contributed by atoms with Crippen molar-refractivity contribution in [1.29, 1.82) is 0 Å². The predicted molar refractivity (Wildman–Crippen MR) is 60.8 cm³/mol. The van der Waals surface area contributed by atoms with Gasteiger partial charge in [-0.15, -0.1) is 0 Å². The molecule has 2 aliphatic rings. The number of hydrogen-bond acceptors (Lipinski definition) is 3.